The number of anilines is 1. The first kappa shape index (κ1) is 24.0. The number of nitrogens with one attached hydrogen (secondary N) is 1. The molecule has 0 radical (unpaired) electrons. The van der Waals surface area contributed by atoms with Gasteiger partial charge in [-0.15, -0.1) is 0 Å². The van der Waals surface area contributed by atoms with Crippen molar-refractivity contribution in [3.63, 3.8) is 0 Å². The zero-order chi connectivity index (χ0) is 24.8. The molecule has 0 spiro atoms. The van der Waals surface area contributed by atoms with E-state index in [2.05, 4.69) is 5.32 Å². The Morgan fingerprint density at radius 1 is 0.943 bits per heavy atom. The van der Waals surface area contributed by atoms with Gasteiger partial charge in [-0.05, 0) is 67.3 Å². The van der Waals surface area contributed by atoms with Crippen LogP contribution >= 0.6 is 0 Å². The van der Waals surface area contributed by atoms with Crippen molar-refractivity contribution in [1.29, 1.82) is 0 Å². The number of carbonyl (C=O) groups is 2. The van der Waals surface area contributed by atoms with E-state index in [1.165, 1.54) is 35.4 Å². The van der Waals surface area contributed by atoms with Gasteiger partial charge < -0.3 is 9.73 Å². The summed E-state index contributed by atoms with van der Waals surface area (Å²) in [6, 6.07) is 23.4. The fourth-order valence-corrected chi connectivity index (χ4v) is 4.03. The van der Waals surface area contributed by atoms with Gasteiger partial charge in [-0.1, -0.05) is 54.6 Å². The molecule has 5 nitrogen and oxygen atoms in total. The number of hydrogen-bond donors (Lipinski definition) is 1. The monoisotopic (exact) mass is 470 g/mol. The van der Waals surface area contributed by atoms with E-state index in [9.17, 15) is 14.0 Å². The van der Waals surface area contributed by atoms with Crippen LogP contribution in [0, 0.1) is 19.7 Å². The van der Waals surface area contributed by atoms with Crippen LogP contribution in [0.5, 0.6) is 0 Å². The molecule has 3 aromatic carbocycles. The van der Waals surface area contributed by atoms with Crippen LogP contribution in [0.15, 0.2) is 95.6 Å². The standard InChI is InChI=1S/C29H27FN2O3/c1-20-7-6-10-25(19-20)32(29(34)26-16-18-35-21(26)2)27(23-11-13-24(30)14-12-23)28(33)31-17-15-22-8-4-3-5-9-22/h3-14,16,18-19,27H,15,17H2,1-2H3,(H,31,33)/t27-/m1/s1. The molecular formula is C29H27FN2O3. The van der Waals surface area contributed by atoms with E-state index in [0.717, 1.165) is 11.1 Å². The molecule has 35 heavy (non-hydrogen) atoms. The third kappa shape index (κ3) is 5.66. The van der Waals surface area contributed by atoms with Crippen molar-refractivity contribution in [2.75, 3.05) is 11.4 Å². The number of hydrogen-bond acceptors (Lipinski definition) is 3. The zero-order valence-electron chi connectivity index (χ0n) is 19.7. The van der Waals surface area contributed by atoms with Gasteiger partial charge in [0.05, 0.1) is 11.8 Å². The SMILES string of the molecule is Cc1cccc(N(C(=O)c2ccoc2C)[C@@H](C(=O)NCCc2ccccc2)c2ccc(F)cc2)c1. The average molecular weight is 471 g/mol. The molecule has 1 atom stereocenters. The summed E-state index contributed by atoms with van der Waals surface area (Å²) < 4.78 is 19.1. The highest BCUT2D eigenvalue weighted by Gasteiger charge is 2.34. The van der Waals surface area contributed by atoms with Crippen LogP contribution in [0.25, 0.3) is 0 Å². The van der Waals surface area contributed by atoms with Crippen molar-refractivity contribution in [2.45, 2.75) is 26.3 Å². The summed E-state index contributed by atoms with van der Waals surface area (Å²) in [5, 5.41) is 2.97. The molecule has 0 aliphatic heterocycles. The van der Waals surface area contributed by atoms with Crippen LogP contribution < -0.4 is 10.2 Å². The quantitative estimate of drug-likeness (QED) is 0.355. The number of aryl methyl sites for hydroxylation is 2. The molecule has 1 aromatic heterocycles. The van der Waals surface area contributed by atoms with Gasteiger partial charge in [0.1, 0.15) is 17.6 Å². The lowest BCUT2D eigenvalue weighted by atomic mass is 10.0. The Morgan fingerprint density at radius 3 is 2.34 bits per heavy atom. The first-order valence-corrected chi connectivity index (χ1v) is 11.5. The van der Waals surface area contributed by atoms with Gasteiger partial charge in [0.15, 0.2) is 0 Å². The number of carbonyl (C=O) groups excluding carboxylic acids is 2. The van der Waals surface area contributed by atoms with E-state index in [1.807, 2.05) is 55.5 Å². The highest BCUT2D eigenvalue weighted by atomic mass is 19.1. The molecule has 4 rings (SSSR count). The lowest BCUT2D eigenvalue weighted by Gasteiger charge is -2.31. The van der Waals surface area contributed by atoms with Gasteiger partial charge in [0.25, 0.3) is 5.91 Å². The van der Waals surface area contributed by atoms with Crippen molar-refractivity contribution in [2.24, 2.45) is 0 Å². The van der Waals surface area contributed by atoms with Crippen molar-refractivity contribution in [1.82, 2.24) is 5.32 Å². The molecule has 6 heteroatoms. The van der Waals surface area contributed by atoms with Gasteiger partial charge in [-0.2, -0.15) is 0 Å². The van der Waals surface area contributed by atoms with Crippen LogP contribution in [-0.4, -0.2) is 18.4 Å². The number of nitrogens with zero attached hydrogens (tertiary/aromatic N) is 1. The van der Waals surface area contributed by atoms with E-state index in [1.54, 1.807) is 19.1 Å². The molecule has 0 bridgehead atoms. The summed E-state index contributed by atoms with van der Waals surface area (Å²) in [6.45, 7) is 4.01. The average Bonchev–Trinajstić information content (AvgIpc) is 3.29. The lowest BCUT2D eigenvalue weighted by molar-refractivity contribution is -0.122. The topological polar surface area (TPSA) is 62.6 Å². The van der Waals surface area contributed by atoms with Crippen molar-refractivity contribution in [3.8, 4) is 0 Å². The maximum absolute atomic E-state index is 13.8. The molecule has 0 aliphatic carbocycles. The van der Waals surface area contributed by atoms with E-state index < -0.39 is 11.9 Å². The summed E-state index contributed by atoms with van der Waals surface area (Å²) in [7, 11) is 0. The first-order chi connectivity index (χ1) is 16.9. The Hall–Kier alpha value is -4.19. The molecule has 1 heterocycles. The minimum Gasteiger partial charge on any atom is -0.469 e. The molecule has 1 N–H and O–H groups in total. The number of benzene rings is 3. The van der Waals surface area contributed by atoms with Gasteiger partial charge >= 0.3 is 0 Å². The fourth-order valence-electron chi connectivity index (χ4n) is 4.03. The van der Waals surface area contributed by atoms with Crippen molar-refractivity contribution in [3.05, 3.63) is 125 Å². The van der Waals surface area contributed by atoms with Crippen molar-refractivity contribution >= 4 is 17.5 Å². The second-order valence-corrected chi connectivity index (χ2v) is 8.39. The van der Waals surface area contributed by atoms with Gasteiger partial charge in [0.2, 0.25) is 5.91 Å². The highest BCUT2D eigenvalue weighted by Crippen LogP contribution is 2.31. The molecular weight excluding hydrogens is 443 g/mol. The Labute approximate surface area is 204 Å². The van der Waals surface area contributed by atoms with E-state index >= 15 is 0 Å². The molecule has 0 unspecified atom stereocenters. The Morgan fingerprint density at radius 2 is 1.69 bits per heavy atom. The molecule has 0 saturated heterocycles. The molecule has 0 aliphatic rings. The Kier molecular flexibility index (Phi) is 7.41. The number of furan rings is 1. The summed E-state index contributed by atoms with van der Waals surface area (Å²) in [6.07, 6.45) is 2.09. The minimum atomic E-state index is -1.02. The number of rotatable bonds is 8. The first-order valence-electron chi connectivity index (χ1n) is 11.5. The van der Waals surface area contributed by atoms with Gasteiger partial charge in [0, 0.05) is 12.2 Å². The highest BCUT2D eigenvalue weighted by molar-refractivity contribution is 6.10. The number of halogens is 1. The lowest BCUT2D eigenvalue weighted by Crippen LogP contribution is -2.44. The van der Waals surface area contributed by atoms with Crippen LogP contribution in [0.3, 0.4) is 0 Å². The largest absolute Gasteiger partial charge is 0.469 e. The summed E-state index contributed by atoms with van der Waals surface area (Å²) in [4.78, 5) is 28.9. The fraction of sp³-hybridized carbons (Fsp3) is 0.172. The Balaban J connectivity index is 1.73. The summed E-state index contributed by atoms with van der Waals surface area (Å²) >= 11 is 0. The normalized spacial score (nSPS) is 11.6. The van der Waals surface area contributed by atoms with Crippen LogP contribution in [-0.2, 0) is 11.2 Å². The second kappa shape index (κ2) is 10.8. The predicted molar refractivity (Wildman–Crippen MR) is 134 cm³/mol. The molecule has 0 saturated carbocycles. The molecule has 0 fully saturated rings. The van der Waals surface area contributed by atoms with Crippen LogP contribution in [0.1, 0.15) is 38.9 Å². The molecule has 2 amide bonds. The molecule has 4 aromatic rings. The maximum Gasteiger partial charge on any atom is 0.262 e. The van der Waals surface area contributed by atoms with Crippen LogP contribution in [0.2, 0.25) is 0 Å². The Bertz CT molecular complexity index is 1300. The number of amides is 2. The minimum absolute atomic E-state index is 0.357. The van der Waals surface area contributed by atoms with E-state index in [-0.39, 0.29) is 11.8 Å². The summed E-state index contributed by atoms with van der Waals surface area (Å²) in [5.41, 5.74) is 3.44. The van der Waals surface area contributed by atoms with Crippen molar-refractivity contribution < 1.29 is 18.4 Å². The van der Waals surface area contributed by atoms with E-state index in [4.69, 9.17) is 4.42 Å². The van der Waals surface area contributed by atoms with Crippen LogP contribution in [0.4, 0.5) is 10.1 Å². The van der Waals surface area contributed by atoms with Gasteiger partial charge in [-0.3, -0.25) is 14.5 Å². The zero-order valence-corrected chi connectivity index (χ0v) is 19.7. The second-order valence-electron chi connectivity index (χ2n) is 8.39. The smallest absolute Gasteiger partial charge is 0.262 e. The van der Waals surface area contributed by atoms with Gasteiger partial charge in [-0.25, -0.2) is 4.39 Å². The maximum atomic E-state index is 13.8. The summed E-state index contributed by atoms with van der Waals surface area (Å²) in [5.74, 6) is -0.705. The third-order valence-electron chi connectivity index (χ3n) is 5.84. The van der Waals surface area contributed by atoms with E-state index in [0.29, 0.717) is 35.5 Å². The third-order valence-corrected chi connectivity index (χ3v) is 5.84. The molecule has 178 valence electrons. The predicted octanol–water partition coefficient (Wildman–Crippen LogP) is 5.78.